The van der Waals surface area contributed by atoms with E-state index < -0.39 is 0 Å². The third kappa shape index (κ3) is 3.60. The monoisotopic (exact) mass is 298 g/mol. The molecule has 2 rings (SSSR count). The molecule has 0 atom stereocenters. The molecular formula is C14H13Cl2FN2. The van der Waals surface area contributed by atoms with Crippen LogP contribution in [0.25, 0.3) is 0 Å². The standard InChI is InChI=1S/C14H13Cl2FN2/c1-18-19(17)14-9-13(16)7-4-11(14)8-10-2-5-12(15)6-3-10/h2-7,9,18H,8H2,1H3. The van der Waals surface area contributed by atoms with E-state index in [0.717, 1.165) is 11.1 Å². The fourth-order valence-corrected chi connectivity index (χ4v) is 2.10. The minimum atomic E-state index is 0.407. The average molecular weight is 299 g/mol. The normalized spacial score (nSPS) is 10.5. The predicted octanol–water partition coefficient (Wildman–Crippen LogP) is 4.41. The maximum Gasteiger partial charge on any atom is 0.0925 e. The van der Waals surface area contributed by atoms with Gasteiger partial charge in [-0.15, -0.1) is 5.23 Å². The maximum absolute atomic E-state index is 13.7. The van der Waals surface area contributed by atoms with Gasteiger partial charge in [0.15, 0.2) is 0 Å². The Bertz CT molecular complexity index is 558. The van der Waals surface area contributed by atoms with Crippen LogP contribution in [0.2, 0.25) is 10.0 Å². The zero-order valence-corrected chi connectivity index (χ0v) is 11.8. The Morgan fingerprint density at radius 2 is 1.68 bits per heavy atom. The minimum absolute atomic E-state index is 0.407. The number of halogens is 3. The highest BCUT2D eigenvalue weighted by Crippen LogP contribution is 2.26. The van der Waals surface area contributed by atoms with Gasteiger partial charge in [-0.05, 0) is 41.8 Å². The fraction of sp³-hybridized carbons (Fsp3) is 0.143. The lowest BCUT2D eigenvalue weighted by molar-refractivity contribution is 0.386. The van der Waals surface area contributed by atoms with Crippen molar-refractivity contribution in [1.29, 1.82) is 0 Å². The molecule has 5 heteroatoms. The molecule has 0 saturated heterocycles. The van der Waals surface area contributed by atoms with Gasteiger partial charge in [-0.2, -0.15) is 0 Å². The molecule has 2 nitrogen and oxygen atoms in total. The number of rotatable bonds is 4. The molecule has 0 unspecified atom stereocenters. The van der Waals surface area contributed by atoms with Gasteiger partial charge in [-0.1, -0.05) is 45.9 Å². The van der Waals surface area contributed by atoms with E-state index in [0.29, 0.717) is 27.4 Å². The van der Waals surface area contributed by atoms with Crippen molar-refractivity contribution in [2.75, 3.05) is 12.3 Å². The molecule has 19 heavy (non-hydrogen) atoms. The van der Waals surface area contributed by atoms with Crippen LogP contribution >= 0.6 is 23.2 Å². The largest absolute Gasteiger partial charge is 0.208 e. The van der Waals surface area contributed by atoms with Crippen molar-refractivity contribution in [2.45, 2.75) is 6.42 Å². The van der Waals surface area contributed by atoms with Gasteiger partial charge in [0.25, 0.3) is 0 Å². The van der Waals surface area contributed by atoms with Crippen LogP contribution in [-0.4, -0.2) is 7.05 Å². The molecule has 0 fully saturated rings. The SMILES string of the molecule is CNN(F)c1cc(Cl)ccc1Cc1ccc(Cl)cc1. The van der Waals surface area contributed by atoms with Gasteiger partial charge in [-0.3, -0.25) is 0 Å². The summed E-state index contributed by atoms with van der Waals surface area (Å²) < 4.78 is 13.7. The maximum atomic E-state index is 13.7. The van der Waals surface area contributed by atoms with Gasteiger partial charge < -0.3 is 0 Å². The highest BCUT2D eigenvalue weighted by atomic mass is 35.5. The highest BCUT2D eigenvalue weighted by molar-refractivity contribution is 6.31. The third-order valence-corrected chi connectivity index (χ3v) is 3.25. The lowest BCUT2D eigenvalue weighted by Crippen LogP contribution is -2.27. The molecule has 2 aromatic rings. The Morgan fingerprint density at radius 3 is 2.32 bits per heavy atom. The van der Waals surface area contributed by atoms with E-state index in [1.807, 2.05) is 30.3 Å². The molecule has 0 heterocycles. The quantitative estimate of drug-likeness (QED) is 0.664. The van der Waals surface area contributed by atoms with Crippen LogP contribution in [0.3, 0.4) is 0 Å². The fourth-order valence-electron chi connectivity index (χ4n) is 1.81. The molecule has 0 aliphatic carbocycles. The Morgan fingerprint density at radius 1 is 1.05 bits per heavy atom. The van der Waals surface area contributed by atoms with E-state index in [4.69, 9.17) is 23.2 Å². The number of hydrogen-bond donors (Lipinski definition) is 1. The van der Waals surface area contributed by atoms with E-state index >= 15 is 0 Å². The summed E-state index contributed by atoms with van der Waals surface area (Å²) >= 11 is 11.7. The van der Waals surface area contributed by atoms with Crippen LogP contribution in [0, 0.1) is 0 Å². The summed E-state index contributed by atoms with van der Waals surface area (Å²) in [4.78, 5) is 0. The van der Waals surface area contributed by atoms with Crippen molar-refractivity contribution >= 4 is 28.9 Å². The molecule has 100 valence electrons. The van der Waals surface area contributed by atoms with Crippen molar-refractivity contribution in [1.82, 2.24) is 5.43 Å². The number of hydrogen-bond acceptors (Lipinski definition) is 2. The van der Waals surface area contributed by atoms with Crippen molar-refractivity contribution in [2.24, 2.45) is 0 Å². The summed E-state index contributed by atoms with van der Waals surface area (Å²) in [5.41, 5.74) is 4.73. The summed E-state index contributed by atoms with van der Waals surface area (Å²) in [5, 5.41) is 1.63. The molecule has 0 aliphatic heterocycles. The molecule has 0 aliphatic rings. The molecule has 0 aromatic heterocycles. The smallest absolute Gasteiger partial charge is 0.0925 e. The Balaban J connectivity index is 2.31. The van der Waals surface area contributed by atoms with Crippen molar-refractivity contribution in [3.8, 4) is 0 Å². The second-order valence-electron chi connectivity index (χ2n) is 4.08. The van der Waals surface area contributed by atoms with E-state index in [9.17, 15) is 4.48 Å². The zero-order chi connectivity index (χ0) is 13.8. The molecule has 1 N–H and O–H groups in total. The minimum Gasteiger partial charge on any atom is -0.208 e. The van der Waals surface area contributed by atoms with Gasteiger partial charge in [0.2, 0.25) is 0 Å². The van der Waals surface area contributed by atoms with Gasteiger partial charge in [0.05, 0.1) is 5.69 Å². The molecule has 0 radical (unpaired) electrons. The summed E-state index contributed by atoms with van der Waals surface area (Å²) in [6.45, 7) is 0. The van der Waals surface area contributed by atoms with Gasteiger partial charge in [0.1, 0.15) is 0 Å². The highest BCUT2D eigenvalue weighted by Gasteiger charge is 2.11. The Hall–Kier alpha value is -1.29. The van der Waals surface area contributed by atoms with Gasteiger partial charge >= 0.3 is 0 Å². The zero-order valence-electron chi connectivity index (χ0n) is 10.3. The van der Waals surface area contributed by atoms with Gasteiger partial charge in [-0.25, -0.2) is 5.43 Å². The summed E-state index contributed by atoms with van der Waals surface area (Å²) in [5.74, 6) is 0. The van der Waals surface area contributed by atoms with Crippen LogP contribution < -0.4 is 10.7 Å². The molecule has 0 amide bonds. The lowest BCUT2D eigenvalue weighted by atomic mass is 10.0. The first-order chi connectivity index (χ1) is 9.10. The number of nitrogens with zero attached hydrogens (tertiary/aromatic N) is 1. The Labute approximate surface area is 121 Å². The van der Waals surface area contributed by atoms with E-state index in [1.54, 1.807) is 12.1 Å². The Kier molecular flexibility index (Phi) is 4.64. The van der Waals surface area contributed by atoms with Crippen molar-refractivity contribution < 1.29 is 4.48 Å². The van der Waals surface area contributed by atoms with Crippen molar-refractivity contribution in [3.63, 3.8) is 0 Å². The summed E-state index contributed by atoms with van der Waals surface area (Å²) in [7, 11) is 1.51. The molecule has 2 aromatic carbocycles. The van der Waals surface area contributed by atoms with Crippen LogP contribution in [0.15, 0.2) is 42.5 Å². The first kappa shape index (κ1) is 14.1. The molecular weight excluding hydrogens is 286 g/mol. The molecule has 0 saturated carbocycles. The summed E-state index contributed by atoms with van der Waals surface area (Å²) in [6.07, 6.45) is 0.603. The third-order valence-electron chi connectivity index (χ3n) is 2.76. The second kappa shape index (κ2) is 6.24. The number of anilines is 1. The predicted molar refractivity (Wildman–Crippen MR) is 78.4 cm³/mol. The van der Waals surface area contributed by atoms with Crippen LogP contribution in [0.4, 0.5) is 10.2 Å². The topological polar surface area (TPSA) is 15.3 Å². The number of nitrogens with one attached hydrogen (secondary N) is 1. The van der Waals surface area contributed by atoms with E-state index in [1.165, 1.54) is 7.05 Å². The number of hydrazine groups is 1. The van der Waals surface area contributed by atoms with Crippen LogP contribution in [-0.2, 0) is 6.42 Å². The van der Waals surface area contributed by atoms with Crippen LogP contribution in [0.5, 0.6) is 0 Å². The van der Waals surface area contributed by atoms with E-state index in [-0.39, 0.29) is 0 Å². The average Bonchev–Trinajstić information content (AvgIpc) is 2.42. The first-order valence-electron chi connectivity index (χ1n) is 5.76. The first-order valence-corrected chi connectivity index (χ1v) is 6.52. The second-order valence-corrected chi connectivity index (χ2v) is 4.95. The molecule has 0 spiro atoms. The van der Waals surface area contributed by atoms with Crippen molar-refractivity contribution in [3.05, 3.63) is 63.6 Å². The van der Waals surface area contributed by atoms with Gasteiger partial charge in [0, 0.05) is 17.1 Å². The summed E-state index contributed by atoms with van der Waals surface area (Å²) in [6, 6.07) is 12.6. The van der Waals surface area contributed by atoms with Crippen LogP contribution in [0.1, 0.15) is 11.1 Å². The number of benzene rings is 2. The lowest BCUT2D eigenvalue weighted by Gasteiger charge is -2.16. The molecule has 0 bridgehead atoms. The van der Waals surface area contributed by atoms with E-state index in [2.05, 4.69) is 5.43 Å².